The molecule has 2 unspecified atom stereocenters. The van der Waals surface area contributed by atoms with Gasteiger partial charge in [0.15, 0.2) is 5.82 Å². The lowest BCUT2D eigenvalue weighted by atomic mass is 9.96. The Morgan fingerprint density at radius 2 is 2.25 bits per heavy atom. The first-order valence-corrected chi connectivity index (χ1v) is 5.19. The number of rotatable bonds is 6. The van der Waals surface area contributed by atoms with Gasteiger partial charge in [-0.1, -0.05) is 19.0 Å². The number of aromatic nitrogens is 2. The van der Waals surface area contributed by atoms with E-state index in [4.69, 9.17) is 14.4 Å². The normalized spacial score (nSPS) is 14.7. The van der Waals surface area contributed by atoms with E-state index in [-0.39, 0.29) is 12.5 Å². The van der Waals surface area contributed by atoms with Crippen molar-refractivity contribution >= 4 is 5.97 Å². The molecule has 2 atom stereocenters. The summed E-state index contributed by atoms with van der Waals surface area (Å²) in [6, 6.07) is 0. The summed E-state index contributed by atoms with van der Waals surface area (Å²) in [6.07, 6.45) is 0. The van der Waals surface area contributed by atoms with Gasteiger partial charge in [0, 0.05) is 12.5 Å². The van der Waals surface area contributed by atoms with Crippen LogP contribution in [0.5, 0.6) is 0 Å². The molecule has 0 spiro atoms. The number of carbonyl (C=O) groups is 1. The predicted octanol–water partition coefficient (Wildman–Crippen LogP) is 1.43. The molecule has 0 aliphatic carbocycles. The van der Waals surface area contributed by atoms with Crippen LogP contribution in [-0.2, 0) is 16.1 Å². The molecular weight excluding hydrogens is 212 g/mol. The van der Waals surface area contributed by atoms with E-state index >= 15 is 0 Å². The average molecular weight is 228 g/mol. The van der Waals surface area contributed by atoms with Crippen molar-refractivity contribution < 1.29 is 19.2 Å². The van der Waals surface area contributed by atoms with Crippen molar-refractivity contribution in [2.75, 3.05) is 6.61 Å². The van der Waals surface area contributed by atoms with Gasteiger partial charge in [0.25, 0.3) is 0 Å². The van der Waals surface area contributed by atoms with Gasteiger partial charge in [-0.3, -0.25) is 4.79 Å². The van der Waals surface area contributed by atoms with Crippen LogP contribution in [0.15, 0.2) is 4.52 Å². The summed E-state index contributed by atoms with van der Waals surface area (Å²) < 4.78 is 10.1. The van der Waals surface area contributed by atoms with Crippen molar-refractivity contribution in [1.82, 2.24) is 10.1 Å². The zero-order chi connectivity index (χ0) is 12.1. The molecule has 0 amide bonds. The SMILES string of the molecule is CCOCc1noc(C(C)C(C)C(=O)O)n1. The zero-order valence-corrected chi connectivity index (χ0v) is 9.64. The van der Waals surface area contributed by atoms with E-state index in [9.17, 15) is 4.79 Å². The number of carboxylic acid groups (broad SMARTS) is 1. The van der Waals surface area contributed by atoms with Gasteiger partial charge in [-0.25, -0.2) is 0 Å². The van der Waals surface area contributed by atoms with Crippen molar-refractivity contribution in [3.05, 3.63) is 11.7 Å². The fourth-order valence-electron chi connectivity index (χ4n) is 1.13. The lowest BCUT2D eigenvalue weighted by Crippen LogP contribution is -2.16. The highest BCUT2D eigenvalue weighted by Crippen LogP contribution is 2.22. The molecule has 6 nitrogen and oxygen atoms in total. The summed E-state index contributed by atoms with van der Waals surface area (Å²) in [5.41, 5.74) is 0. The van der Waals surface area contributed by atoms with Gasteiger partial charge in [-0.15, -0.1) is 0 Å². The highest BCUT2D eigenvalue weighted by Gasteiger charge is 2.25. The Morgan fingerprint density at radius 1 is 1.56 bits per heavy atom. The Morgan fingerprint density at radius 3 is 2.81 bits per heavy atom. The molecule has 0 saturated heterocycles. The molecule has 0 aliphatic heterocycles. The molecule has 1 aromatic heterocycles. The number of nitrogens with zero attached hydrogens (tertiary/aromatic N) is 2. The Hall–Kier alpha value is -1.43. The fourth-order valence-corrected chi connectivity index (χ4v) is 1.13. The molecule has 1 N–H and O–H groups in total. The number of carboxylic acids is 1. The van der Waals surface area contributed by atoms with E-state index in [1.165, 1.54) is 0 Å². The molecule has 1 rings (SSSR count). The Bertz CT molecular complexity index is 350. The molecule has 90 valence electrons. The van der Waals surface area contributed by atoms with Crippen LogP contribution in [0, 0.1) is 5.92 Å². The molecule has 16 heavy (non-hydrogen) atoms. The van der Waals surface area contributed by atoms with E-state index in [1.807, 2.05) is 6.92 Å². The lowest BCUT2D eigenvalue weighted by molar-refractivity contribution is -0.141. The third kappa shape index (κ3) is 3.03. The van der Waals surface area contributed by atoms with E-state index in [0.717, 1.165) is 0 Å². The van der Waals surface area contributed by atoms with Crippen molar-refractivity contribution in [1.29, 1.82) is 0 Å². The second-order valence-corrected chi connectivity index (χ2v) is 3.60. The fraction of sp³-hybridized carbons (Fsp3) is 0.700. The second kappa shape index (κ2) is 5.60. The second-order valence-electron chi connectivity index (χ2n) is 3.60. The first-order chi connectivity index (χ1) is 7.56. The summed E-state index contributed by atoms with van der Waals surface area (Å²) in [5, 5.41) is 12.6. The van der Waals surface area contributed by atoms with Gasteiger partial charge in [0.05, 0.1) is 5.92 Å². The van der Waals surface area contributed by atoms with Crippen LogP contribution in [0.25, 0.3) is 0 Å². The highest BCUT2D eigenvalue weighted by atomic mass is 16.5. The molecule has 0 aliphatic rings. The Kier molecular flexibility index (Phi) is 4.42. The Balaban J connectivity index is 2.66. The van der Waals surface area contributed by atoms with E-state index in [2.05, 4.69) is 10.1 Å². The minimum atomic E-state index is -0.878. The van der Waals surface area contributed by atoms with Crippen LogP contribution >= 0.6 is 0 Å². The number of hydrogen-bond donors (Lipinski definition) is 1. The van der Waals surface area contributed by atoms with E-state index in [0.29, 0.717) is 18.3 Å². The van der Waals surface area contributed by atoms with Gasteiger partial charge in [0.2, 0.25) is 5.89 Å². The smallest absolute Gasteiger partial charge is 0.307 e. The summed E-state index contributed by atoms with van der Waals surface area (Å²) in [4.78, 5) is 14.9. The Labute approximate surface area is 93.6 Å². The maximum atomic E-state index is 10.8. The van der Waals surface area contributed by atoms with Gasteiger partial charge >= 0.3 is 5.97 Å². The zero-order valence-electron chi connectivity index (χ0n) is 9.64. The topological polar surface area (TPSA) is 85.5 Å². The molecule has 6 heteroatoms. The maximum Gasteiger partial charge on any atom is 0.307 e. The van der Waals surface area contributed by atoms with Crippen LogP contribution in [-0.4, -0.2) is 27.8 Å². The van der Waals surface area contributed by atoms with Crippen LogP contribution in [0.2, 0.25) is 0 Å². The summed E-state index contributed by atoms with van der Waals surface area (Å²) in [7, 11) is 0. The van der Waals surface area contributed by atoms with E-state index in [1.54, 1.807) is 13.8 Å². The highest BCUT2D eigenvalue weighted by molar-refractivity contribution is 5.70. The van der Waals surface area contributed by atoms with Crippen LogP contribution in [0.1, 0.15) is 38.4 Å². The number of hydrogen-bond acceptors (Lipinski definition) is 5. The van der Waals surface area contributed by atoms with Crippen molar-refractivity contribution in [2.45, 2.75) is 33.3 Å². The van der Waals surface area contributed by atoms with Crippen molar-refractivity contribution in [2.24, 2.45) is 5.92 Å². The summed E-state index contributed by atoms with van der Waals surface area (Å²) >= 11 is 0. The van der Waals surface area contributed by atoms with Crippen molar-refractivity contribution in [3.63, 3.8) is 0 Å². The molecule has 0 fully saturated rings. The van der Waals surface area contributed by atoms with Gasteiger partial charge in [-0.2, -0.15) is 4.98 Å². The molecule has 1 heterocycles. The quantitative estimate of drug-likeness (QED) is 0.792. The number of aliphatic carboxylic acids is 1. The summed E-state index contributed by atoms with van der Waals surface area (Å²) in [5.74, 6) is -0.955. The summed E-state index contributed by atoms with van der Waals surface area (Å²) in [6.45, 7) is 6.09. The van der Waals surface area contributed by atoms with E-state index < -0.39 is 11.9 Å². The molecule has 1 aromatic rings. The van der Waals surface area contributed by atoms with Crippen LogP contribution in [0.3, 0.4) is 0 Å². The minimum Gasteiger partial charge on any atom is -0.481 e. The molecule has 0 saturated carbocycles. The van der Waals surface area contributed by atoms with Gasteiger partial charge in [-0.05, 0) is 6.92 Å². The van der Waals surface area contributed by atoms with Crippen LogP contribution in [0.4, 0.5) is 0 Å². The first kappa shape index (κ1) is 12.6. The molecule has 0 aromatic carbocycles. The van der Waals surface area contributed by atoms with Gasteiger partial charge < -0.3 is 14.4 Å². The number of ether oxygens (including phenoxy) is 1. The lowest BCUT2D eigenvalue weighted by Gasteiger charge is -2.10. The monoisotopic (exact) mass is 228 g/mol. The van der Waals surface area contributed by atoms with Crippen LogP contribution < -0.4 is 0 Å². The standard InChI is InChI=1S/C10H16N2O4/c1-4-15-5-8-11-9(16-12-8)6(2)7(3)10(13)14/h6-7H,4-5H2,1-3H3,(H,13,14). The maximum absolute atomic E-state index is 10.8. The van der Waals surface area contributed by atoms with Crippen molar-refractivity contribution in [3.8, 4) is 0 Å². The molecule has 0 radical (unpaired) electrons. The third-order valence-electron chi connectivity index (χ3n) is 2.45. The predicted molar refractivity (Wildman–Crippen MR) is 54.8 cm³/mol. The first-order valence-electron chi connectivity index (χ1n) is 5.19. The third-order valence-corrected chi connectivity index (χ3v) is 2.45. The van der Waals surface area contributed by atoms with Gasteiger partial charge in [0.1, 0.15) is 6.61 Å². The largest absolute Gasteiger partial charge is 0.481 e. The minimum absolute atomic E-state index is 0.286. The molecular formula is C10H16N2O4. The molecule has 0 bridgehead atoms. The average Bonchev–Trinajstić information content (AvgIpc) is 2.72.